The number of aromatic amines is 1. The third-order valence-electron chi connectivity index (χ3n) is 3.78. The number of para-hydroxylation sites is 1. The third kappa shape index (κ3) is 4.38. The molecule has 0 aliphatic carbocycles. The number of nitrogens with one attached hydrogen (secondary N) is 2. The van der Waals surface area contributed by atoms with Crippen LogP contribution in [0.3, 0.4) is 0 Å². The van der Waals surface area contributed by atoms with Gasteiger partial charge in [0.05, 0.1) is 11.3 Å². The van der Waals surface area contributed by atoms with Gasteiger partial charge in [0.2, 0.25) is 11.8 Å². The van der Waals surface area contributed by atoms with Crippen molar-refractivity contribution in [2.75, 3.05) is 11.1 Å². The highest BCUT2D eigenvalue weighted by Crippen LogP contribution is 2.24. The van der Waals surface area contributed by atoms with E-state index in [9.17, 15) is 14.7 Å². The Morgan fingerprint density at radius 1 is 1.42 bits per heavy atom. The Labute approximate surface area is 144 Å². The highest BCUT2D eigenvalue weighted by atomic mass is 32.2. The summed E-state index contributed by atoms with van der Waals surface area (Å²) in [6.07, 6.45) is 0.726. The average molecular weight is 347 g/mol. The Morgan fingerprint density at radius 2 is 2.12 bits per heavy atom. The number of anilines is 1. The minimum Gasteiger partial charge on any atom is -0.493 e. The minimum absolute atomic E-state index is 0.0790. The quantitative estimate of drug-likeness (QED) is 0.551. The summed E-state index contributed by atoms with van der Waals surface area (Å²) in [6.45, 7) is 5.70. The molecule has 2 aromatic rings. The Morgan fingerprint density at radius 3 is 2.75 bits per heavy atom. The Bertz CT molecular complexity index is 789. The van der Waals surface area contributed by atoms with Crippen LogP contribution in [0.4, 0.5) is 5.69 Å². The first kappa shape index (κ1) is 18.1. The predicted octanol–water partition coefficient (Wildman–Crippen LogP) is 3.03. The average Bonchev–Trinajstić information content (AvgIpc) is 2.54. The van der Waals surface area contributed by atoms with Gasteiger partial charge in [-0.2, -0.15) is 4.98 Å². The molecule has 0 aliphatic heterocycles. The number of nitrogens with zero attached hydrogens (tertiary/aromatic N) is 1. The van der Waals surface area contributed by atoms with Gasteiger partial charge in [0.15, 0.2) is 5.16 Å². The zero-order valence-electron chi connectivity index (χ0n) is 13.9. The van der Waals surface area contributed by atoms with E-state index in [4.69, 9.17) is 0 Å². The highest BCUT2D eigenvalue weighted by Gasteiger charge is 2.17. The molecule has 1 aromatic carbocycles. The standard InChI is InChI=1S/C17H21N3O3S/c1-4-10(2)14-15(22)19-17(20-16(14)23)24-9-13(21)18-12-8-6-5-7-11(12)3/h5-8,10H,4,9H2,1-3H3,(H,18,21)(H2,19,20,22,23)/t10-/m0/s1. The monoisotopic (exact) mass is 347 g/mol. The largest absolute Gasteiger partial charge is 0.493 e. The van der Waals surface area contributed by atoms with E-state index in [1.807, 2.05) is 45.0 Å². The molecule has 2 rings (SSSR count). The van der Waals surface area contributed by atoms with Crippen LogP contribution >= 0.6 is 11.8 Å². The summed E-state index contributed by atoms with van der Waals surface area (Å²) in [5.74, 6) is -0.471. The van der Waals surface area contributed by atoms with E-state index in [1.54, 1.807) is 0 Å². The molecule has 0 bridgehead atoms. The van der Waals surface area contributed by atoms with Crippen LogP contribution < -0.4 is 10.9 Å². The van der Waals surface area contributed by atoms with Crippen molar-refractivity contribution < 1.29 is 9.90 Å². The van der Waals surface area contributed by atoms with E-state index >= 15 is 0 Å². The molecule has 128 valence electrons. The topological polar surface area (TPSA) is 95.1 Å². The van der Waals surface area contributed by atoms with Crippen LogP contribution in [0, 0.1) is 6.92 Å². The van der Waals surface area contributed by atoms with E-state index in [0.717, 1.165) is 29.4 Å². The normalized spacial score (nSPS) is 12.0. The molecular weight excluding hydrogens is 326 g/mol. The van der Waals surface area contributed by atoms with Crippen molar-refractivity contribution in [2.24, 2.45) is 0 Å². The van der Waals surface area contributed by atoms with Crippen LogP contribution in [0.15, 0.2) is 34.2 Å². The van der Waals surface area contributed by atoms with E-state index in [-0.39, 0.29) is 39.7 Å². The van der Waals surface area contributed by atoms with E-state index in [2.05, 4.69) is 15.3 Å². The van der Waals surface area contributed by atoms with Crippen molar-refractivity contribution >= 4 is 23.4 Å². The fourth-order valence-electron chi connectivity index (χ4n) is 2.20. The number of H-pyrrole nitrogens is 1. The molecule has 1 amide bonds. The fourth-order valence-corrected chi connectivity index (χ4v) is 2.86. The van der Waals surface area contributed by atoms with Gasteiger partial charge in [-0.05, 0) is 30.9 Å². The number of carbonyl (C=O) groups excluding carboxylic acids is 1. The summed E-state index contributed by atoms with van der Waals surface area (Å²) in [5.41, 5.74) is 1.64. The summed E-state index contributed by atoms with van der Waals surface area (Å²) in [7, 11) is 0. The Balaban J connectivity index is 2.03. The van der Waals surface area contributed by atoms with Crippen molar-refractivity contribution in [3.8, 4) is 5.88 Å². The van der Waals surface area contributed by atoms with Gasteiger partial charge in [0.25, 0.3) is 5.56 Å². The van der Waals surface area contributed by atoms with Gasteiger partial charge in [-0.3, -0.25) is 9.59 Å². The molecule has 0 unspecified atom stereocenters. The molecule has 0 saturated heterocycles. The van der Waals surface area contributed by atoms with Gasteiger partial charge >= 0.3 is 0 Å². The molecule has 0 spiro atoms. The van der Waals surface area contributed by atoms with E-state index < -0.39 is 0 Å². The second-order valence-corrected chi connectivity index (χ2v) is 6.53. The van der Waals surface area contributed by atoms with Crippen molar-refractivity contribution in [2.45, 2.75) is 38.3 Å². The second kappa shape index (κ2) is 8.01. The van der Waals surface area contributed by atoms with E-state index in [1.165, 1.54) is 0 Å². The highest BCUT2D eigenvalue weighted by molar-refractivity contribution is 7.99. The first-order valence-corrected chi connectivity index (χ1v) is 8.72. The molecular formula is C17H21N3O3S. The number of amides is 1. The van der Waals surface area contributed by atoms with Gasteiger partial charge in [-0.15, -0.1) is 0 Å². The zero-order chi connectivity index (χ0) is 17.7. The number of hydrogen-bond donors (Lipinski definition) is 3. The lowest BCUT2D eigenvalue weighted by Gasteiger charge is -2.10. The first-order chi connectivity index (χ1) is 11.4. The molecule has 1 atom stereocenters. The maximum Gasteiger partial charge on any atom is 0.258 e. The van der Waals surface area contributed by atoms with Crippen LogP contribution in [0.5, 0.6) is 5.88 Å². The molecule has 0 radical (unpaired) electrons. The molecule has 0 saturated carbocycles. The smallest absolute Gasteiger partial charge is 0.258 e. The minimum atomic E-state index is -0.362. The number of aromatic nitrogens is 2. The second-order valence-electron chi connectivity index (χ2n) is 5.57. The maximum atomic E-state index is 12.1. The molecule has 3 N–H and O–H groups in total. The maximum absolute atomic E-state index is 12.1. The lowest BCUT2D eigenvalue weighted by molar-refractivity contribution is -0.113. The first-order valence-electron chi connectivity index (χ1n) is 7.73. The number of benzene rings is 1. The van der Waals surface area contributed by atoms with E-state index in [0.29, 0.717) is 0 Å². The van der Waals surface area contributed by atoms with Crippen LogP contribution in [-0.2, 0) is 4.79 Å². The Kier molecular flexibility index (Phi) is 6.03. The summed E-state index contributed by atoms with van der Waals surface area (Å²) in [4.78, 5) is 30.7. The SMILES string of the molecule is CC[C@H](C)c1c(O)nc(SCC(=O)Nc2ccccc2C)[nH]c1=O. The molecule has 0 fully saturated rings. The van der Waals surface area contributed by atoms with Crippen LogP contribution in [-0.4, -0.2) is 26.7 Å². The summed E-state index contributed by atoms with van der Waals surface area (Å²) in [5, 5.41) is 13.0. The summed E-state index contributed by atoms with van der Waals surface area (Å²) in [6, 6.07) is 7.48. The number of hydrogen-bond acceptors (Lipinski definition) is 5. The summed E-state index contributed by atoms with van der Waals surface area (Å²) >= 11 is 1.07. The molecule has 24 heavy (non-hydrogen) atoms. The van der Waals surface area contributed by atoms with Gasteiger partial charge in [-0.1, -0.05) is 43.8 Å². The fraction of sp³-hybridized carbons (Fsp3) is 0.353. The number of thioether (sulfide) groups is 1. The lowest BCUT2D eigenvalue weighted by atomic mass is 10.0. The lowest BCUT2D eigenvalue weighted by Crippen LogP contribution is -2.18. The number of aryl methyl sites for hydroxylation is 1. The molecule has 0 aliphatic rings. The van der Waals surface area contributed by atoms with Crippen molar-refractivity contribution in [3.05, 3.63) is 45.7 Å². The number of carbonyl (C=O) groups is 1. The van der Waals surface area contributed by atoms with Crippen LogP contribution in [0.1, 0.15) is 37.3 Å². The van der Waals surface area contributed by atoms with Gasteiger partial charge in [-0.25, -0.2) is 0 Å². The Hall–Kier alpha value is -2.28. The zero-order valence-corrected chi connectivity index (χ0v) is 14.7. The van der Waals surface area contributed by atoms with Crippen molar-refractivity contribution in [1.82, 2.24) is 9.97 Å². The molecule has 6 nitrogen and oxygen atoms in total. The summed E-state index contributed by atoms with van der Waals surface area (Å²) < 4.78 is 0. The molecule has 1 heterocycles. The third-order valence-corrected chi connectivity index (χ3v) is 4.65. The van der Waals surface area contributed by atoms with Gasteiger partial charge in [0.1, 0.15) is 0 Å². The van der Waals surface area contributed by atoms with Gasteiger partial charge < -0.3 is 15.4 Å². The van der Waals surface area contributed by atoms with Gasteiger partial charge in [0, 0.05) is 5.69 Å². The van der Waals surface area contributed by atoms with Crippen LogP contribution in [0.25, 0.3) is 0 Å². The van der Waals surface area contributed by atoms with Crippen molar-refractivity contribution in [3.63, 3.8) is 0 Å². The number of rotatable bonds is 6. The van der Waals surface area contributed by atoms with Crippen molar-refractivity contribution in [1.29, 1.82) is 0 Å². The molecule has 1 aromatic heterocycles. The number of aromatic hydroxyl groups is 1. The van der Waals surface area contributed by atoms with Crippen LogP contribution in [0.2, 0.25) is 0 Å². The predicted molar refractivity (Wildman–Crippen MR) is 95.8 cm³/mol. The molecule has 7 heteroatoms.